The minimum atomic E-state index is -0.813. The molecule has 0 aromatic heterocycles. The lowest BCUT2D eigenvalue weighted by Gasteiger charge is -2.31. The van der Waals surface area contributed by atoms with Crippen LogP contribution >= 0.6 is 0 Å². The molecule has 15 heavy (non-hydrogen) atoms. The number of benzene rings is 1. The number of nitrogens with one attached hydrogen (secondary N) is 2. The van der Waals surface area contributed by atoms with Gasteiger partial charge in [-0.3, -0.25) is 0 Å². The third kappa shape index (κ3) is 1.76. The maximum absolute atomic E-state index is 13.4. The summed E-state index contributed by atoms with van der Waals surface area (Å²) in [7, 11) is 0. The molecule has 1 heterocycles. The summed E-state index contributed by atoms with van der Waals surface area (Å²) in [5.41, 5.74) is 0.880. The second-order valence-electron chi connectivity index (χ2n) is 4.16. The summed E-state index contributed by atoms with van der Waals surface area (Å²) in [5, 5.41) is 6.12. The van der Waals surface area contributed by atoms with Crippen molar-refractivity contribution in [2.24, 2.45) is 5.92 Å². The van der Waals surface area contributed by atoms with E-state index in [0.717, 1.165) is 12.6 Å². The summed E-state index contributed by atoms with van der Waals surface area (Å²) in [6.45, 7) is 4.82. The average Bonchev–Trinajstić information content (AvgIpc) is 2.23. The lowest BCUT2D eigenvalue weighted by Crippen LogP contribution is -2.37. The largest absolute Gasteiger partial charge is 0.381 e. The first-order chi connectivity index (χ1) is 7.09. The SMILES string of the molecule is CC(C)C1CNc2ccc(F)c(F)c2N1. The molecule has 0 saturated heterocycles. The first kappa shape index (κ1) is 10.2. The molecule has 1 aromatic rings. The third-order valence-corrected chi connectivity index (χ3v) is 2.74. The Bertz CT molecular complexity index is 377. The lowest BCUT2D eigenvalue weighted by molar-refractivity contribution is 0.496. The molecule has 4 heteroatoms. The maximum atomic E-state index is 13.4. The minimum absolute atomic E-state index is 0.133. The van der Waals surface area contributed by atoms with E-state index in [2.05, 4.69) is 10.6 Å². The van der Waals surface area contributed by atoms with Crippen molar-refractivity contribution in [1.29, 1.82) is 0 Å². The molecule has 82 valence electrons. The standard InChI is InChI=1S/C11H14F2N2/c1-6(2)9-5-14-8-4-3-7(12)10(13)11(8)15-9/h3-4,6,9,14-15H,5H2,1-2H3. The Morgan fingerprint density at radius 1 is 1.33 bits per heavy atom. The van der Waals surface area contributed by atoms with Crippen molar-refractivity contribution >= 4 is 11.4 Å². The Balaban J connectivity index is 2.35. The van der Waals surface area contributed by atoms with Gasteiger partial charge in [-0.25, -0.2) is 8.78 Å². The van der Waals surface area contributed by atoms with Gasteiger partial charge in [0.1, 0.15) is 0 Å². The normalized spacial score (nSPS) is 19.4. The molecule has 1 aliphatic heterocycles. The van der Waals surface area contributed by atoms with E-state index in [1.807, 2.05) is 13.8 Å². The highest BCUT2D eigenvalue weighted by atomic mass is 19.2. The van der Waals surface area contributed by atoms with Crippen molar-refractivity contribution in [3.63, 3.8) is 0 Å². The molecule has 1 aromatic carbocycles. The fourth-order valence-corrected chi connectivity index (χ4v) is 1.70. The third-order valence-electron chi connectivity index (χ3n) is 2.74. The van der Waals surface area contributed by atoms with Gasteiger partial charge in [-0.1, -0.05) is 13.8 Å². The van der Waals surface area contributed by atoms with Crippen LogP contribution in [0.25, 0.3) is 0 Å². The van der Waals surface area contributed by atoms with E-state index in [9.17, 15) is 8.78 Å². The van der Waals surface area contributed by atoms with Gasteiger partial charge in [0.25, 0.3) is 0 Å². The van der Waals surface area contributed by atoms with Crippen molar-refractivity contribution in [2.45, 2.75) is 19.9 Å². The van der Waals surface area contributed by atoms with Crippen LogP contribution in [0.1, 0.15) is 13.8 Å². The topological polar surface area (TPSA) is 24.1 Å². The van der Waals surface area contributed by atoms with Gasteiger partial charge in [0.05, 0.1) is 11.4 Å². The van der Waals surface area contributed by atoms with Crippen LogP contribution in [0.3, 0.4) is 0 Å². The van der Waals surface area contributed by atoms with Crippen LogP contribution in [-0.4, -0.2) is 12.6 Å². The molecule has 0 bridgehead atoms. The van der Waals surface area contributed by atoms with Crippen LogP contribution in [0.2, 0.25) is 0 Å². The Labute approximate surface area is 87.7 Å². The molecular weight excluding hydrogens is 198 g/mol. The van der Waals surface area contributed by atoms with Gasteiger partial charge < -0.3 is 10.6 Å². The number of hydrogen-bond acceptors (Lipinski definition) is 2. The molecule has 2 rings (SSSR count). The van der Waals surface area contributed by atoms with Crippen LogP contribution < -0.4 is 10.6 Å². The molecule has 0 aliphatic carbocycles. The second-order valence-corrected chi connectivity index (χ2v) is 4.16. The molecule has 0 spiro atoms. The van der Waals surface area contributed by atoms with Crippen LogP contribution in [0.5, 0.6) is 0 Å². The fourth-order valence-electron chi connectivity index (χ4n) is 1.70. The van der Waals surface area contributed by atoms with Crippen LogP contribution in [0.15, 0.2) is 12.1 Å². The predicted octanol–water partition coefficient (Wildman–Crippen LogP) is 2.83. The van der Waals surface area contributed by atoms with E-state index in [-0.39, 0.29) is 11.7 Å². The smallest absolute Gasteiger partial charge is 0.183 e. The summed E-state index contributed by atoms with van der Waals surface area (Å²) in [6.07, 6.45) is 0. The second kappa shape index (κ2) is 3.68. The molecule has 1 atom stereocenters. The molecular formula is C11H14F2N2. The summed E-state index contributed by atoms with van der Waals surface area (Å²) in [4.78, 5) is 0. The molecule has 0 amide bonds. The van der Waals surface area contributed by atoms with Gasteiger partial charge in [0.15, 0.2) is 11.6 Å². The highest BCUT2D eigenvalue weighted by Gasteiger charge is 2.23. The zero-order valence-electron chi connectivity index (χ0n) is 8.77. The van der Waals surface area contributed by atoms with Crippen molar-refractivity contribution in [3.8, 4) is 0 Å². The summed E-state index contributed by atoms with van der Waals surface area (Å²) in [6, 6.07) is 2.82. The first-order valence-electron chi connectivity index (χ1n) is 5.08. The van der Waals surface area contributed by atoms with Crippen molar-refractivity contribution in [2.75, 3.05) is 17.2 Å². The zero-order valence-corrected chi connectivity index (χ0v) is 8.77. The van der Waals surface area contributed by atoms with Gasteiger partial charge in [-0.05, 0) is 18.1 Å². The molecule has 0 radical (unpaired) electrons. The highest BCUT2D eigenvalue weighted by Crippen LogP contribution is 2.31. The number of rotatable bonds is 1. The van der Waals surface area contributed by atoms with E-state index >= 15 is 0 Å². The minimum Gasteiger partial charge on any atom is -0.381 e. The average molecular weight is 212 g/mol. The van der Waals surface area contributed by atoms with Gasteiger partial charge in [-0.2, -0.15) is 0 Å². The van der Waals surface area contributed by atoms with Crippen LogP contribution in [0.4, 0.5) is 20.2 Å². The molecule has 1 unspecified atom stereocenters. The summed E-state index contributed by atoms with van der Waals surface area (Å²) >= 11 is 0. The Kier molecular flexibility index (Phi) is 2.50. The van der Waals surface area contributed by atoms with E-state index in [0.29, 0.717) is 11.6 Å². The number of hydrogen-bond donors (Lipinski definition) is 2. The predicted molar refractivity (Wildman–Crippen MR) is 57.1 cm³/mol. The van der Waals surface area contributed by atoms with Gasteiger partial charge in [0, 0.05) is 12.6 Å². The number of halogens is 2. The number of anilines is 2. The van der Waals surface area contributed by atoms with Crippen molar-refractivity contribution in [1.82, 2.24) is 0 Å². The molecule has 0 fully saturated rings. The molecule has 1 aliphatic rings. The monoisotopic (exact) mass is 212 g/mol. The van der Waals surface area contributed by atoms with E-state index < -0.39 is 11.6 Å². The molecule has 0 saturated carbocycles. The summed E-state index contributed by atoms with van der Waals surface area (Å²) in [5.74, 6) is -1.24. The lowest BCUT2D eigenvalue weighted by atomic mass is 10.0. The molecule has 2 nitrogen and oxygen atoms in total. The Morgan fingerprint density at radius 2 is 2.07 bits per heavy atom. The van der Waals surface area contributed by atoms with Crippen LogP contribution in [0, 0.1) is 17.6 Å². The van der Waals surface area contributed by atoms with E-state index in [4.69, 9.17) is 0 Å². The Hall–Kier alpha value is -1.32. The van der Waals surface area contributed by atoms with Crippen LogP contribution in [-0.2, 0) is 0 Å². The Morgan fingerprint density at radius 3 is 2.73 bits per heavy atom. The van der Waals surface area contributed by atoms with Crippen molar-refractivity contribution < 1.29 is 8.78 Å². The maximum Gasteiger partial charge on any atom is 0.183 e. The van der Waals surface area contributed by atoms with E-state index in [1.165, 1.54) is 0 Å². The van der Waals surface area contributed by atoms with Gasteiger partial charge >= 0.3 is 0 Å². The zero-order chi connectivity index (χ0) is 11.0. The fraction of sp³-hybridized carbons (Fsp3) is 0.455. The van der Waals surface area contributed by atoms with Gasteiger partial charge in [0.2, 0.25) is 0 Å². The van der Waals surface area contributed by atoms with E-state index in [1.54, 1.807) is 6.07 Å². The number of fused-ring (bicyclic) bond motifs is 1. The first-order valence-corrected chi connectivity index (χ1v) is 5.08. The van der Waals surface area contributed by atoms with Gasteiger partial charge in [-0.15, -0.1) is 0 Å². The molecule has 2 N–H and O–H groups in total. The highest BCUT2D eigenvalue weighted by molar-refractivity contribution is 5.72. The quantitative estimate of drug-likeness (QED) is 0.748. The van der Waals surface area contributed by atoms with Crippen molar-refractivity contribution in [3.05, 3.63) is 23.8 Å². The summed E-state index contributed by atoms with van der Waals surface area (Å²) < 4.78 is 26.4.